The summed E-state index contributed by atoms with van der Waals surface area (Å²) in [5, 5.41) is 8.95. The van der Waals surface area contributed by atoms with Gasteiger partial charge in [0.2, 0.25) is 0 Å². The van der Waals surface area contributed by atoms with Gasteiger partial charge in [-0.15, -0.1) is 0 Å². The molecule has 4 heteroatoms. The molecular weight excluding hydrogens is 230 g/mol. The lowest BCUT2D eigenvalue weighted by Gasteiger charge is -2.11. The molecule has 0 radical (unpaired) electrons. The summed E-state index contributed by atoms with van der Waals surface area (Å²) in [4.78, 5) is 23.0. The molecule has 0 aliphatic heterocycles. The summed E-state index contributed by atoms with van der Waals surface area (Å²) in [6.07, 6.45) is 1.58. The van der Waals surface area contributed by atoms with Crippen LogP contribution >= 0.6 is 0 Å². The number of pyridine rings is 1. The van der Waals surface area contributed by atoms with E-state index in [0.29, 0.717) is 5.69 Å². The maximum Gasteiger partial charge on any atom is 0.341 e. The molecule has 1 N–H and O–H groups in total. The van der Waals surface area contributed by atoms with E-state index in [1.807, 2.05) is 26.0 Å². The summed E-state index contributed by atoms with van der Waals surface area (Å²) in [6, 6.07) is 8.47. The van der Waals surface area contributed by atoms with Crippen LogP contribution in [0.4, 0.5) is 0 Å². The van der Waals surface area contributed by atoms with Crippen molar-refractivity contribution in [2.24, 2.45) is 0 Å². The van der Waals surface area contributed by atoms with E-state index in [2.05, 4.69) is 0 Å². The number of carboxylic acids is 1. The predicted octanol–water partition coefficient (Wildman–Crippen LogP) is 2.15. The fourth-order valence-corrected chi connectivity index (χ4v) is 1.84. The predicted molar refractivity (Wildman–Crippen MR) is 68.5 cm³/mol. The van der Waals surface area contributed by atoms with Crippen LogP contribution in [0.25, 0.3) is 5.69 Å². The molecule has 0 aliphatic rings. The van der Waals surface area contributed by atoms with Crippen molar-refractivity contribution in [2.75, 3.05) is 0 Å². The number of aromatic carboxylic acids is 1. The molecule has 2 rings (SSSR count). The zero-order valence-corrected chi connectivity index (χ0v) is 10.2. The number of benzene rings is 1. The Morgan fingerprint density at radius 2 is 1.89 bits per heavy atom. The number of rotatable bonds is 2. The molecule has 0 bridgehead atoms. The summed E-state index contributed by atoms with van der Waals surface area (Å²) < 4.78 is 1.37. The van der Waals surface area contributed by atoms with Crippen LogP contribution in [-0.4, -0.2) is 15.6 Å². The molecule has 0 unspecified atom stereocenters. The van der Waals surface area contributed by atoms with Crippen LogP contribution in [0.5, 0.6) is 0 Å². The van der Waals surface area contributed by atoms with Gasteiger partial charge in [0, 0.05) is 6.20 Å². The molecule has 1 aromatic heterocycles. The van der Waals surface area contributed by atoms with E-state index in [0.717, 1.165) is 11.1 Å². The number of carbonyl (C=O) groups is 1. The van der Waals surface area contributed by atoms with Crippen LogP contribution in [0, 0.1) is 13.8 Å². The number of aromatic nitrogens is 1. The minimum Gasteiger partial charge on any atom is -0.477 e. The highest BCUT2D eigenvalue weighted by Crippen LogP contribution is 2.15. The summed E-state index contributed by atoms with van der Waals surface area (Å²) in [6.45, 7) is 3.86. The van der Waals surface area contributed by atoms with Gasteiger partial charge in [-0.3, -0.25) is 9.36 Å². The zero-order chi connectivity index (χ0) is 13.3. The number of nitrogens with zero attached hydrogens (tertiary/aromatic N) is 1. The summed E-state index contributed by atoms with van der Waals surface area (Å²) in [7, 11) is 0. The van der Waals surface area contributed by atoms with E-state index in [1.165, 1.54) is 10.6 Å². The lowest BCUT2D eigenvalue weighted by atomic mass is 10.1. The molecule has 0 saturated heterocycles. The molecule has 1 heterocycles. The first-order valence-electron chi connectivity index (χ1n) is 5.54. The molecule has 92 valence electrons. The Kier molecular flexibility index (Phi) is 3.02. The van der Waals surface area contributed by atoms with Gasteiger partial charge in [-0.25, -0.2) is 4.79 Å². The van der Waals surface area contributed by atoms with Crippen molar-refractivity contribution >= 4 is 5.97 Å². The maximum atomic E-state index is 12.1. The van der Waals surface area contributed by atoms with Gasteiger partial charge in [0.1, 0.15) is 5.56 Å². The van der Waals surface area contributed by atoms with Crippen molar-refractivity contribution in [3.8, 4) is 5.69 Å². The first kappa shape index (κ1) is 12.1. The first-order chi connectivity index (χ1) is 8.52. The van der Waals surface area contributed by atoms with Crippen LogP contribution in [-0.2, 0) is 0 Å². The minimum atomic E-state index is -1.21. The van der Waals surface area contributed by atoms with Crippen molar-refractivity contribution in [2.45, 2.75) is 13.8 Å². The topological polar surface area (TPSA) is 59.3 Å². The standard InChI is InChI=1S/C14H13NO3/c1-9-5-3-7-12(10(9)2)15-8-4-6-11(13(15)16)14(17)18/h3-8H,1-2H3,(H,17,18). The van der Waals surface area contributed by atoms with Crippen molar-refractivity contribution < 1.29 is 9.90 Å². The molecule has 0 aliphatic carbocycles. The van der Waals surface area contributed by atoms with Crippen LogP contribution in [0.2, 0.25) is 0 Å². The Bertz CT molecular complexity index is 671. The number of hydrogen-bond donors (Lipinski definition) is 1. The van der Waals surface area contributed by atoms with Crippen molar-refractivity contribution in [1.29, 1.82) is 0 Å². The highest BCUT2D eigenvalue weighted by Gasteiger charge is 2.12. The normalized spacial score (nSPS) is 10.3. The van der Waals surface area contributed by atoms with Gasteiger partial charge in [-0.2, -0.15) is 0 Å². The van der Waals surface area contributed by atoms with E-state index >= 15 is 0 Å². The van der Waals surface area contributed by atoms with Crippen LogP contribution in [0.15, 0.2) is 41.3 Å². The molecule has 0 saturated carbocycles. The molecule has 2 aromatic rings. The highest BCUT2D eigenvalue weighted by atomic mass is 16.4. The molecular formula is C14H13NO3. The van der Waals surface area contributed by atoms with E-state index in [4.69, 9.17) is 5.11 Å². The first-order valence-corrected chi connectivity index (χ1v) is 5.54. The minimum absolute atomic E-state index is 0.224. The second-order valence-electron chi connectivity index (χ2n) is 4.12. The molecule has 0 amide bonds. The van der Waals surface area contributed by atoms with Gasteiger partial charge in [0.05, 0.1) is 5.69 Å². The van der Waals surface area contributed by atoms with Crippen molar-refractivity contribution in [3.63, 3.8) is 0 Å². The third kappa shape index (κ3) is 1.93. The SMILES string of the molecule is Cc1cccc(-n2cccc(C(=O)O)c2=O)c1C. The smallest absolute Gasteiger partial charge is 0.341 e. The number of carboxylic acid groups (broad SMARTS) is 1. The van der Waals surface area contributed by atoms with Gasteiger partial charge in [0.25, 0.3) is 5.56 Å². The van der Waals surface area contributed by atoms with E-state index < -0.39 is 11.5 Å². The van der Waals surface area contributed by atoms with E-state index in [-0.39, 0.29) is 5.56 Å². The second kappa shape index (κ2) is 4.49. The third-order valence-corrected chi connectivity index (χ3v) is 3.01. The van der Waals surface area contributed by atoms with Crippen molar-refractivity contribution in [1.82, 2.24) is 4.57 Å². The molecule has 0 fully saturated rings. The van der Waals surface area contributed by atoms with Gasteiger partial charge in [0.15, 0.2) is 0 Å². The summed E-state index contributed by atoms with van der Waals surface area (Å²) in [5.41, 5.74) is 1.99. The molecule has 0 spiro atoms. The summed E-state index contributed by atoms with van der Waals surface area (Å²) >= 11 is 0. The Labute approximate surface area is 104 Å². The fraction of sp³-hybridized carbons (Fsp3) is 0.143. The molecule has 0 atom stereocenters. The Hall–Kier alpha value is -2.36. The van der Waals surface area contributed by atoms with Crippen molar-refractivity contribution in [3.05, 3.63) is 63.6 Å². The third-order valence-electron chi connectivity index (χ3n) is 3.01. The highest BCUT2D eigenvalue weighted by molar-refractivity contribution is 5.87. The van der Waals surface area contributed by atoms with Gasteiger partial charge >= 0.3 is 5.97 Å². The number of aryl methyl sites for hydroxylation is 1. The van der Waals surface area contributed by atoms with Crippen LogP contribution < -0.4 is 5.56 Å². The average molecular weight is 243 g/mol. The van der Waals surface area contributed by atoms with E-state index in [9.17, 15) is 9.59 Å². The fourth-order valence-electron chi connectivity index (χ4n) is 1.84. The lowest BCUT2D eigenvalue weighted by Crippen LogP contribution is -2.24. The Morgan fingerprint density at radius 3 is 2.56 bits per heavy atom. The quantitative estimate of drug-likeness (QED) is 0.879. The molecule has 4 nitrogen and oxygen atoms in total. The van der Waals surface area contributed by atoms with Crippen LogP contribution in [0.1, 0.15) is 21.5 Å². The number of hydrogen-bond acceptors (Lipinski definition) is 2. The van der Waals surface area contributed by atoms with Gasteiger partial charge < -0.3 is 5.11 Å². The Balaban J connectivity index is 2.73. The zero-order valence-electron chi connectivity index (χ0n) is 10.2. The van der Waals surface area contributed by atoms with E-state index in [1.54, 1.807) is 18.3 Å². The van der Waals surface area contributed by atoms with Crippen LogP contribution in [0.3, 0.4) is 0 Å². The van der Waals surface area contributed by atoms with Gasteiger partial charge in [-0.05, 0) is 43.2 Å². The second-order valence-corrected chi connectivity index (χ2v) is 4.12. The summed E-state index contributed by atoms with van der Waals surface area (Å²) in [5.74, 6) is -1.21. The lowest BCUT2D eigenvalue weighted by molar-refractivity contribution is 0.0694. The molecule has 1 aromatic carbocycles. The average Bonchev–Trinajstić information content (AvgIpc) is 2.33. The maximum absolute atomic E-state index is 12.1. The largest absolute Gasteiger partial charge is 0.477 e. The molecule has 18 heavy (non-hydrogen) atoms. The Morgan fingerprint density at radius 1 is 1.17 bits per heavy atom. The monoisotopic (exact) mass is 243 g/mol. The van der Waals surface area contributed by atoms with Gasteiger partial charge in [-0.1, -0.05) is 12.1 Å².